The van der Waals surface area contributed by atoms with E-state index < -0.39 is 20.0 Å². The summed E-state index contributed by atoms with van der Waals surface area (Å²) in [5.74, 6) is -0.199. The Morgan fingerprint density at radius 2 is 0.897 bits per heavy atom. The molecule has 0 rings (SSSR count). The number of phosphoric acid groups is 1. The fourth-order valence-corrected chi connectivity index (χ4v) is 7.95. The molecule has 0 aliphatic rings. The number of carbonyl (C=O) groups excluding carboxylic acids is 1. The minimum atomic E-state index is -4.36. The molecule has 0 aliphatic heterocycles. The van der Waals surface area contributed by atoms with E-state index >= 15 is 0 Å². The third-order valence-corrected chi connectivity index (χ3v) is 12.5. The number of hydrogen-bond donors (Lipinski definition) is 3. The highest BCUT2D eigenvalue weighted by atomic mass is 31.2. The summed E-state index contributed by atoms with van der Waals surface area (Å²) in [4.78, 5) is 23.2. The summed E-state index contributed by atoms with van der Waals surface area (Å²) in [6.45, 7) is 4.66. The van der Waals surface area contributed by atoms with Crippen molar-refractivity contribution in [2.75, 3.05) is 40.9 Å². The lowest BCUT2D eigenvalue weighted by atomic mass is 10.1. The number of rotatable bonds is 48. The number of nitrogens with zero attached hydrogens (tertiary/aromatic N) is 1. The van der Waals surface area contributed by atoms with E-state index in [0.717, 1.165) is 89.9 Å². The number of nitrogens with one attached hydrogen (secondary N) is 1. The summed E-state index contributed by atoms with van der Waals surface area (Å²) in [5.41, 5.74) is 0. The van der Waals surface area contributed by atoms with Crippen molar-refractivity contribution in [3.05, 3.63) is 109 Å². The summed E-state index contributed by atoms with van der Waals surface area (Å²) in [5, 5.41) is 13.9. The molecule has 0 saturated heterocycles. The molecule has 3 N–H and O–H groups in total. The number of aliphatic hydroxyl groups is 1. The summed E-state index contributed by atoms with van der Waals surface area (Å²) < 4.78 is 23.6. The number of aliphatic hydroxyl groups excluding tert-OH is 1. The number of unbranched alkanes of at least 4 members (excludes halogenated alkanes) is 19. The number of allylic oxidation sites excluding steroid dienone is 17. The molecule has 0 aromatic carbocycles. The maximum atomic E-state index is 12.9. The fraction of sp³-hybridized carbons (Fsp3) is 0.678. The van der Waals surface area contributed by atoms with Gasteiger partial charge in [-0.3, -0.25) is 13.8 Å². The molecule has 0 radical (unpaired) electrons. The van der Waals surface area contributed by atoms with Crippen LogP contribution in [0.1, 0.15) is 206 Å². The zero-order valence-electron chi connectivity index (χ0n) is 44.3. The third-order valence-electron chi connectivity index (χ3n) is 11.5. The number of phosphoric ester groups is 1. The molecular weight excluding hydrogens is 864 g/mol. The van der Waals surface area contributed by atoms with Gasteiger partial charge < -0.3 is 19.8 Å². The zero-order chi connectivity index (χ0) is 49.9. The van der Waals surface area contributed by atoms with Crippen LogP contribution in [0.2, 0.25) is 0 Å². The van der Waals surface area contributed by atoms with E-state index in [9.17, 15) is 19.4 Å². The summed E-state index contributed by atoms with van der Waals surface area (Å²) in [6, 6.07) is -0.874. The first-order valence-corrected chi connectivity index (χ1v) is 28.8. The van der Waals surface area contributed by atoms with Crippen LogP contribution in [0, 0.1) is 0 Å². The van der Waals surface area contributed by atoms with E-state index in [0.29, 0.717) is 17.4 Å². The van der Waals surface area contributed by atoms with Crippen molar-refractivity contribution in [1.82, 2.24) is 5.32 Å². The molecule has 390 valence electrons. The molecule has 0 saturated carbocycles. The third kappa shape index (κ3) is 51.0. The molecule has 0 aliphatic carbocycles. The van der Waals surface area contributed by atoms with E-state index in [2.05, 4.69) is 116 Å². The van der Waals surface area contributed by atoms with Crippen molar-refractivity contribution in [3.63, 3.8) is 0 Å². The zero-order valence-corrected chi connectivity index (χ0v) is 45.2. The second-order valence-electron chi connectivity index (χ2n) is 19.2. The van der Waals surface area contributed by atoms with Gasteiger partial charge in [0.25, 0.3) is 0 Å². The Labute approximate surface area is 419 Å². The quantitative estimate of drug-likeness (QED) is 0.0243. The van der Waals surface area contributed by atoms with Crippen LogP contribution in [0.3, 0.4) is 0 Å². The number of amides is 1. The second kappa shape index (κ2) is 49.2. The van der Waals surface area contributed by atoms with Crippen LogP contribution in [0.4, 0.5) is 0 Å². The van der Waals surface area contributed by atoms with Gasteiger partial charge in [-0.05, 0) is 89.9 Å². The Kier molecular flexibility index (Phi) is 47.1. The highest BCUT2D eigenvalue weighted by molar-refractivity contribution is 7.47. The minimum Gasteiger partial charge on any atom is -0.387 e. The van der Waals surface area contributed by atoms with Gasteiger partial charge in [-0.15, -0.1) is 0 Å². The second-order valence-corrected chi connectivity index (χ2v) is 20.7. The number of quaternary nitrogens is 1. The standard InChI is InChI=1S/C59H103N2O6P/c1-6-8-10-12-14-16-18-20-22-23-24-25-26-27-28-29-30-31-32-33-34-35-36-37-39-41-43-45-47-49-51-53-59(63)60-57(56-67-68(64,65)66-55-54-61(3,4)5)58(62)52-50-48-46-44-42-40-38-21-19-17-15-13-11-9-7-2/h8,10,14,16,20,22,24-25,27-28,30-31,33-34,42,44,50,52,57-58,62H,6-7,9,11-13,15,17-19,21,23,26,29,32,35-41,43,45-49,51,53-56H2,1-5H3,(H-,60,63,64,65)/p+1/b10-8-,16-14-,22-20-,25-24-,28-27-,31-30-,34-33-,44-42+,52-50+. The number of carbonyl (C=O) groups is 1. The van der Waals surface area contributed by atoms with Crippen molar-refractivity contribution < 1.29 is 32.9 Å². The van der Waals surface area contributed by atoms with Crippen molar-refractivity contribution in [3.8, 4) is 0 Å². The van der Waals surface area contributed by atoms with Crippen LogP contribution in [0.5, 0.6) is 0 Å². The van der Waals surface area contributed by atoms with E-state index in [-0.39, 0.29) is 19.1 Å². The Hall–Kier alpha value is -2.84. The summed E-state index contributed by atoms with van der Waals surface area (Å²) in [6.07, 6.45) is 71.8. The van der Waals surface area contributed by atoms with Gasteiger partial charge in [-0.2, -0.15) is 0 Å². The van der Waals surface area contributed by atoms with Gasteiger partial charge in [-0.1, -0.05) is 220 Å². The average molecular weight is 968 g/mol. The lowest BCUT2D eigenvalue weighted by molar-refractivity contribution is -0.870. The monoisotopic (exact) mass is 968 g/mol. The molecule has 0 bridgehead atoms. The lowest BCUT2D eigenvalue weighted by Crippen LogP contribution is -2.45. The van der Waals surface area contributed by atoms with Crippen molar-refractivity contribution in [1.29, 1.82) is 0 Å². The van der Waals surface area contributed by atoms with Crippen molar-refractivity contribution in [2.45, 2.75) is 219 Å². The van der Waals surface area contributed by atoms with E-state index in [1.807, 2.05) is 27.2 Å². The van der Waals surface area contributed by atoms with E-state index in [4.69, 9.17) is 9.05 Å². The molecule has 9 heteroatoms. The van der Waals surface area contributed by atoms with Gasteiger partial charge in [0.05, 0.1) is 39.9 Å². The molecule has 3 unspecified atom stereocenters. The fourth-order valence-electron chi connectivity index (χ4n) is 7.21. The summed E-state index contributed by atoms with van der Waals surface area (Å²) >= 11 is 0. The normalized spacial score (nSPS) is 14.9. The number of likely N-dealkylation sites (N-methyl/N-ethyl adjacent to an activating group) is 1. The largest absolute Gasteiger partial charge is 0.472 e. The van der Waals surface area contributed by atoms with Crippen molar-refractivity contribution in [2.24, 2.45) is 0 Å². The Morgan fingerprint density at radius 1 is 0.515 bits per heavy atom. The molecule has 0 fully saturated rings. The molecule has 0 spiro atoms. The van der Waals surface area contributed by atoms with E-state index in [1.165, 1.54) is 96.3 Å². The first-order chi connectivity index (χ1) is 33.0. The molecule has 68 heavy (non-hydrogen) atoms. The average Bonchev–Trinajstić information content (AvgIpc) is 3.30. The predicted octanol–water partition coefficient (Wildman–Crippen LogP) is 16.4. The van der Waals surface area contributed by atoms with Gasteiger partial charge in [0, 0.05) is 6.42 Å². The molecular formula is C59H104N2O6P+. The van der Waals surface area contributed by atoms with Gasteiger partial charge in [0.15, 0.2) is 0 Å². The maximum Gasteiger partial charge on any atom is 0.472 e. The van der Waals surface area contributed by atoms with Crippen LogP contribution in [0.15, 0.2) is 109 Å². The van der Waals surface area contributed by atoms with Crippen LogP contribution < -0.4 is 5.32 Å². The lowest BCUT2D eigenvalue weighted by Gasteiger charge is -2.25. The molecule has 8 nitrogen and oxygen atoms in total. The molecule has 0 aromatic heterocycles. The predicted molar refractivity (Wildman–Crippen MR) is 295 cm³/mol. The number of hydrogen-bond acceptors (Lipinski definition) is 5. The van der Waals surface area contributed by atoms with Crippen molar-refractivity contribution >= 4 is 13.7 Å². The highest BCUT2D eigenvalue weighted by Crippen LogP contribution is 2.43. The van der Waals surface area contributed by atoms with Crippen LogP contribution >= 0.6 is 7.82 Å². The van der Waals surface area contributed by atoms with Gasteiger partial charge in [-0.25, -0.2) is 4.57 Å². The topological polar surface area (TPSA) is 105 Å². The first-order valence-electron chi connectivity index (χ1n) is 27.3. The van der Waals surface area contributed by atoms with Crippen LogP contribution in [-0.2, 0) is 18.4 Å². The highest BCUT2D eigenvalue weighted by Gasteiger charge is 2.27. The van der Waals surface area contributed by atoms with Crippen LogP contribution in [0.25, 0.3) is 0 Å². The van der Waals surface area contributed by atoms with Gasteiger partial charge >= 0.3 is 7.82 Å². The maximum absolute atomic E-state index is 12.9. The Bertz CT molecular complexity index is 1470. The minimum absolute atomic E-state index is 0.0494. The van der Waals surface area contributed by atoms with Gasteiger partial charge in [0.2, 0.25) is 5.91 Å². The van der Waals surface area contributed by atoms with E-state index in [1.54, 1.807) is 6.08 Å². The SMILES string of the molecule is CC/C=C\C/C=C\C/C=C\C/C=C\C/C=C\C/C=C\C/C=C\CCCCCCCCCCCC(=O)NC(COP(=O)(O)OCC[N+](C)(C)C)C(O)/C=C/CC/C=C/CCCCCCCCCCC. The van der Waals surface area contributed by atoms with Gasteiger partial charge in [0.1, 0.15) is 13.2 Å². The molecule has 0 heterocycles. The Balaban J connectivity index is 4.26. The Morgan fingerprint density at radius 3 is 1.35 bits per heavy atom. The van der Waals surface area contributed by atoms with Crippen LogP contribution in [-0.4, -0.2) is 73.4 Å². The smallest absolute Gasteiger partial charge is 0.387 e. The molecule has 3 atom stereocenters. The summed E-state index contributed by atoms with van der Waals surface area (Å²) in [7, 11) is 1.53. The first kappa shape index (κ1) is 65.2. The molecule has 0 aromatic rings. The molecule has 1 amide bonds.